The quantitative estimate of drug-likeness (QED) is 0.429. The molecule has 0 aromatic rings. The Morgan fingerprint density at radius 3 is 2.68 bits per heavy atom. The summed E-state index contributed by atoms with van der Waals surface area (Å²) in [4.78, 5) is 25.0. The molecule has 25 heavy (non-hydrogen) atoms. The Labute approximate surface area is 165 Å². The third kappa shape index (κ3) is 2.47. The van der Waals surface area contributed by atoms with Crippen LogP contribution in [0.1, 0.15) is 52.9 Å². The van der Waals surface area contributed by atoms with Crippen LogP contribution < -0.4 is 0 Å². The van der Waals surface area contributed by atoms with E-state index < -0.39 is 0 Å². The van der Waals surface area contributed by atoms with Crippen molar-refractivity contribution in [3.05, 3.63) is 23.8 Å². The van der Waals surface area contributed by atoms with Crippen LogP contribution in [-0.4, -0.2) is 16.0 Å². The summed E-state index contributed by atoms with van der Waals surface area (Å²) in [6, 6.07) is 0. The van der Waals surface area contributed by atoms with Gasteiger partial charge in [0.05, 0.1) is 0 Å². The number of Topliss-reactive ketones (excluding diaryl/α,β-unsaturated/α-hetero) is 1. The molecule has 3 fully saturated rings. The fraction of sp³-hybridized carbons (Fsp3) is 0.727. The summed E-state index contributed by atoms with van der Waals surface area (Å²) in [6.07, 6.45) is 11.0. The maximum atomic E-state index is 13.2. The van der Waals surface area contributed by atoms with Gasteiger partial charge in [0.1, 0.15) is 5.78 Å². The Morgan fingerprint density at radius 2 is 1.96 bits per heavy atom. The van der Waals surface area contributed by atoms with Gasteiger partial charge in [-0.05, 0) is 72.5 Å². The molecule has 0 unspecified atom stereocenters. The van der Waals surface area contributed by atoms with Crippen LogP contribution in [0, 0.1) is 40.4 Å². The molecule has 0 N–H and O–H groups in total. The molecule has 0 aromatic carbocycles. The molecular formula is C22H29IO2. The predicted octanol–water partition coefficient (Wildman–Crippen LogP) is 5.16. The van der Waals surface area contributed by atoms with Gasteiger partial charge in [0.15, 0.2) is 5.78 Å². The zero-order valence-corrected chi connectivity index (χ0v) is 17.7. The summed E-state index contributed by atoms with van der Waals surface area (Å²) in [7, 11) is 0. The van der Waals surface area contributed by atoms with Crippen molar-refractivity contribution in [1.29, 1.82) is 0 Å². The van der Waals surface area contributed by atoms with Crippen molar-refractivity contribution in [3.63, 3.8) is 0 Å². The van der Waals surface area contributed by atoms with Gasteiger partial charge in [-0.25, -0.2) is 0 Å². The van der Waals surface area contributed by atoms with Crippen LogP contribution in [-0.2, 0) is 9.59 Å². The van der Waals surface area contributed by atoms with Crippen molar-refractivity contribution in [3.8, 4) is 0 Å². The molecule has 136 valence electrons. The van der Waals surface area contributed by atoms with Crippen molar-refractivity contribution >= 4 is 34.2 Å². The summed E-state index contributed by atoms with van der Waals surface area (Å²) < 4.78 is 1.21. The zero-order valence-electron chi connectivity index (χ0n) is 15.6. The van der Waals surface area contributed by atoms with Crippen molar-refractivity contribution in [2.24, 2.45) is 40.4 Å². The molecule has 3 heteroatoms. The van der Waals surface area contributed by atoms with Gasteiger partial charge in [-0.2, -0.15) is 0 Å². The summed E-state index contributed by atoms with van der Waals surface area (Å²) >= 11 is 2.53. The molecule has 0 bridgehead atoms. The molecule has 0 aliphatic heterocycles. The Bertz CT molecular complexity index is 678. The maximum Gasteiger partial charge on any atom is 0.178 e. The van der Waals surface area contributed by atoms with Crippen LogP contribution in [0.4, 0.5) is 0 Å². The molecule has 2 nitrogen and oxygen atoms in total. The minimum Gasteiger partial charge on any atom is -0.299 e. The minimum atomic E-state index is -0.0826. The van der Waals surface area contributed by atoms with Crippen LogP contribution in [0.5, 0.6) is 0 Å². The number of ketones is 2. The summed E-state index contributed by atoms with van der Waals surface area (Å²) in [5.41, 5.74) is 1.32. The summed E-state index contributed by atoms with van der Waals surface area (Å²) in [5.74, 6) is 3.09. The molecule has 0 spiro atoms. The number of halogens is 1. The van der Waals surface area contributed by atoms with E-state index in [4.69, 9.17) is 0 Å². The fourth-order valence-electron chi connectivity index (χ4n) is 6.99. The van der Waals surface area contributed by atoms with Gasteiger partial charge in [0.2, 0.25) is 0 Å². The monoisotopic (exact) mass is 452 g/mol. The minimum absolute atomic E-state index is 0.0520. The lowest BCUT2D eigenvalue weighted by Crippen LogP contribution is -2.53. The van der Waals surface area contributed by atoms with Gasteiger partial charge in [-0.1, -0.05) is 49.4 Å². The van der Waals surface area contributed by atoms with Crippen LogP contribution >= 0.6 is 22.6 Å². The highest BCUT2D eigenvalue weighted by Gasteiger charge is 2.61. The SMILES string of the molecule is C[C@H](CI)[C@H]1CC[C@H]2[C@@H]3C(=O)CC4=CC(=O)C=C[C@]4(C)[C@H]3CC[C@]12C. The Balaban J connectivity index is 1.71. The molecule has 4 aliphatic carbocycles. The first kappa shape index (κ1) is 17.9. The number of hydrogen-bond acceptors (Lipinski definition) is 2. The molecule has 0 heterocycles. The van der Waals surface area contributed by atoms with E-state index in [0.29, 0.717) is 29.5 Å². The predicted molar refractivity (Wildman–Crippen MR) is 109 cm³/mol. The third-order valence-corrected chi connectivity index (χ3v) is 9.77. The zero-order chi connectivity index (χ0) is 18.0. The number of alkyl halides is 1. The molecule has 0 radical (unpaired) electrons. The summed E-state index contributed by atoms with van der Waals surface area (Å²) in [5, 5.41) is 0. The Kier molecular flexibility index (Phi) is 4.33. The standard InChI is InChI=1S/C22H29IO2/c1-13(12-23)16-4-5-17-20-18(7-9-22(16,17)3)21(2)8-6-15(24)10-14(21)11-19(20)25/h6,8,10,13,16-18,20H,4-5,7,9,11-12H2,1-3H3/t13-,16-,17+,18+,20+,21+,22-/m1/s1. The lowest BCUT2D eigenvalue weighted by molar-refractivity contribution is -0.138. The molecule has 4 aliphatic rings. The van der Waals surface area contributed by atoms with Crippen LogP contribution in [0.25, 0.3) is 0 Å². The van der Waals surface area contributed by atoms with Crippen LogP contribution in [0.2, 0.25) is 0 Å². The van der Waals surface area contributed by atoms with Gasteiger partial charge in [0.25, 0.3) is 0 Å². The van der Waals surface area contributed by atoms with E-state index in [9.17, 15) is 9.59 Å². The molecule has 4 rings (SSSR count). The lowest BCUT2D eigenvalue weighted by atomic mass is 9.47. The molecule has 0 aromatic heterocycles. The average molecular weight is 452 g/mol. The second-order valence-corrected chi connectivity index (χ2v) is 10.3. The smallest absolute Gasteiger partial charge is 0.178 e. The maximum absolute atomic E-state index is 13.2. The van der Waals surface area contributed by atoms with E-state index in [-0.39, 0.29) is 17.1 Å². The highest BCUT2D eigenvalue weighted by molar-refractivity contribution is 14.1. The Morgan fingerprint density at radius 1 is 1.20 bits per heavy atom. The highest BCUT2D eigenvalue weighted by Crippen LogP contribution is 2.66. The van der Waals surface area contributed by atoms with E-state index >= 15 is 0 Å². The van der Waals surface area contributed by atoms with Gasteiger partial charge in [-0.15, -0.1) is 0 Å². The number of carbonyl (C=O) groups is 2. The normalized spacial score (nSPS) is 47.0. The van der Waals surface area contributed by atoms with Gasteiger partial charge >= 0.3 is 0 Å². The first-order chi connectivity index (χ1) is 11.8. The largest absolute Gasteiger partial charge is 0.299 e. The second-order valence-electron chi connectivity index (χ2n) is 9.43. The second kappa shape index (κ2) is 6.03. The van der Waals surface area contributed by atoms with Gasteiger partial charge < -0.3 is 0 Å². The highest BCUT2D eigenvalue weighted by atomic mass is 127. The van der Waals surface area contributed by atoms with E-state index in [1.165, 1.54) is 23.7 Å². The van der Waals surface area contributed by atoms with Crippen molar-refractivity contribution in [1.82, 2.24) is 0 Å². The van der Waals surface area contributed by atoms with E-state index in [0.717, 1.165) is 23.8 Å². The topological polar surface area (TPSA) is 34.1 Å². The first-order valence-corrected chi connectivity index (χ1v) is 11.4. The first-order valence-electron chi connectivity index (χ1n) is 9.84. The van der Waals surface area contributed by atoms with Gasteiger partial charge in [0, 0.05) is 22.2 Å². The van der Waals surface area contributed by atoms with Crippen molar-refractivity contribution < 1.29 is 9.59 Å². The fourth-order valence-corrected chi connectivity index (χ4v) is 7.60. The average Bonchev–Trinajstić information content (AvgIpc) is 2.93. The number of rotatable bonds is 2. The molecule has 0 saturated heterocycles. The molecule has 0 amide bonds. The number of fused-ring (bicyclic) bond motifs is 5. The van der Waals surface area contributed by atoms with E-state index in [1.54, 1.807) is 12.2 Å². The van der Waals surface area contributed by atoms with Crippen LogP contribution in [0.15, 0.2) is 23.8 Å². The number of allylic oxidation sites excluding steroid dienone is 4. The lowest BCUT2D eigenvalue weighted by Gasteiger charge is -2.56. The van der Waals surface area contributed by atoms with E-state index in [2.05, 4.69) is 49.4 Å². The van der Waals surface area contributed by atoms with Crippen molar-refractivity contribution in [2.45, 2.75) is 52.9 Å². The Hall–Kier alpha value is -0.450. The molecular weight excluding hydrogens is 423 g/mol. The summed E-state index contributed by atoms with van der Waals surface area (Å²) in [6.45, 7) is 7.15. The van der Waals surface area contributed by atoms with E-state index in [1.807, 2.05) is 0 Å². The molecule has 7 atom stereocenters. The third-order valence-electron chi connectivity index (χ3n) is 8.38. The van der Waals surface area contributed by atoms with Gasteiger partial charge in [-0.3, -0.25) is 9.59 Å². The number of carbonyl (C=O) groups excluding carboxylic acids is 2. The van der Waals surface area contributed by atoms with Crippen LogP contribution in [0.3, 0.4) is 0 Å². The molecule has 3 saturated carbocycles. The number of hydrogen-bond donors (Lipinski definition) is 0. The van der Waals surface area contributed by atoms with Crippen molar-refractivity contribution in [2.75, 3.05) is 4.43 Å².